The molecule has 0 fully saturated rings. The standard InChI is InChI=1S/C6H15NO/c1-4-7-6(2)5-8-3/h6-7H,4-5H2,1-3H3/t6-/m0/s1. The summed E-state index contributed by atoms with van der Waals surface area (Å²) in [5, 5.41) is 3.22. The van der Waals surface area contributed by atoms with Crippen LogP contribution in [0.15, 0.2) is 0 Å². The molecule has 0 aromatic heterocycles. The Bertz CT molecular complexity index is 41.8. The first kappa shape index (κ1) is 7.92. The van der Waals surface area contributed by atoms with Gasteiger partial charge in [-0.25, -0.2) is 0 Å². The molecule has 0 aromatic rings. The molecule has 2 nitrogen and oxygen atoms in total. The molecule has 50 valence electrons. The first-order valence-electron chi connectivity index (χ1n) is 3.03. The van der Waals surface area contributed by atoms with Gasteiger partial charge in [0.05, 0.1) is 6.61 Å². The first-order valence-corrected chi connectivity index (χ1v) is 3.03. The number of methoxy groups -OCH3 is 1. The molecule has 0 aromatic carbocycles. The molecule has 0 saturated heterocycles. The van der Waals surface area contributed by atoms with Crippen molar-refractivity contribution < 1.29 is 4.74 Å². The molecule has 0 spiro atoms. The third-order valence-corrected chi connectivity index (χ3v) is 0.969. The molecule has 1 atom stereocenters. The van der Waals surface area contributed by atoms with Gasteiger partial charge in [-0.2, -0.15) is 0 Å². The highest BCUT2D eigenvalue weighted by Crippen LogP contribution is 1.78. The van der Waals surface area contributed by atoms with Crippen LogP contribution >= 0.6 is 0 Å². The van der Waals surface area contributed by atoms with Crippen LogP contribution in [0.3, 0.4) is 0 Å². The molecule has 0 heterocycles. The summed E-state index contributed by atoms with van der Waals surface area (Å²) in [7, 11) is 1.72. The van der Waals surface area contributed by atoms with E-state index in [1.54, 1.807) is 7.11 Å². The quantitative estimate of drug-likeness (QED) is 0.583. The van der Waals surface area contributed by atoms with Gasteiger partial charge >= 0.3 is 0 Å². The van der Waals surface area contributed by atoms with Crippen molar-refractivity contribution >= 4 is 0 Å². The van der Waals surface area contributed by atoms with Crippen molar-refractivity contribution in [1.29, 1.82) is 0 Å². The second kappa shape index (κ2) is 5.06. The Hall–Kier alpha value is -0.0800. The van der Waals surface area contributed by atoms with Gasteiger partial charge in [0.1, 0.15) is 0 Å². The van der Waals surface area contributed by atoms with E-state index in [4.69, 9.17) is 4.74 Å². The van der Waals surface area contributed by atoms with E-state index in [9.17, 15) is 0 Å². The summed E-state index contributed by atoms with van der Waals surface area (Å²) < 4.78 is 4.89. The zero-order chi connectivity index (χ0) is 6.41. The summed E-state index contributed by atoms with van der Waals surface area (Å²) in [6, 6.07) is 0.491. The Morgan fingerprint density at radius 2 is 2.25 bits per heavy atom. The van der Waals surface area contributed by atoms with Crippen LogP contribution in [0.4, 0.5) is 0 Å². The molecule has 8 heavy (non-hydrogen) atoms. The van der Waals surface area contributed by atoms with Gasteiger partial charge < -0.3 is 10.1 Å². The Balaban J connectivity index is 2.92. The molecule has 0 aliphatic rings. The highest BCUT2D eigenvalue weighted by Gasteiger charge is 1.94. The number of likely N-dealkylation sites (N-methyl/N-ethyl adjacent to an activating group) is 1. The zero-order valence-corrected chi connectivity index (χ0v) is 5.90. The lowest BCUT2D eigenvalue weighted by atomic mass is 10.4. The van der Waals surface area contributed by atoms with Crippen LogP contribution in [0, 0.1) is 0 Å². The van der Waals surface area contributed by atoms with Gasteiger partial charge in [-0.05, 0) is 13.5 Å². The van der Waals surface area contributed by atoms with Gasteiger partial charge in [0, 0.05) is 13.2 Å². The summed E-state index contributed by atoms with van der Waals surface area (Å²) in [6.07, 6.45) is 0. The average molecular weight is 117 g/mol. The number of hydrogen-bond donors (Lipinski definition) is 1. The van der Waals surface area contributed by atoms with Gasteiger partial charge in [-0.1, -0.05) is 6.92 Å². The van der Waals surface area contributed by atoms with Crippen LogP contribution in [0.2, 0.25) is 0 Å². The van der Waals surface area contributed by atoms with Crippen LogP contribution < -0.4 is 5.32 Å². The Morgan fingerprint density at radius 1 is 1.62 bits per heavy atom. The van der Waals surface area contributed by atoms with Gasteiger partial charge in [-0.15, -0.1) is 0 Å². The van der Waals surface area contributed by atoms with E-state index >= 15 is 0 Å². The lowest BCUT2D eigenvalue weighted by Crippen LogP contribution is -2.29. The molecule has 0 rings (SSSR count). The van der Waals surface area contributed by atoms with Crippen molar-refractivity contribution in [2.75, 3.05) is 20.3 Å². The monoisotopic (exact) mass is 117 g/mol. The average Bonchev–Trinajstić information content (AvgIpc) is 1.68. The second-order valence-electron chi connectivity index (χ2n) is 1.91. The van der Waals surface area contributed by atoms with Crippen LogP contribution in [0.5, 0.6) is 0 Å². The minimum absolute atomic E-state index is 0.491. The Morgan fingerprint density at radius 3 is 2.62 bits per heavy atom. The fraction of sp³-hybridized carbons (Fsp3) is 1.00. The fourth-order valence-electron chi connectivity index (χ4n) is 0.657. The molecule has 0 amide bonds. The third-order valence-electron chi connectivity index (χ3n) is 0.969. The highest BCUT2D eigenvalue weighted by atomic mass is 16.5. The van der Waals surface area contributed by atoms with E-state index in [1.807, 2.05) is 0 Å². The smallest absolute Gasteiger partial charge is 0.0613 e. The normalized spacial score (nSPS) is 13.9. The number of rotatable bonds is 4. The molecule has 2 heteroatoms. The van der Waals surface area contributed by atoms with E-state index in [0.717, 1.165) is 13.2 Å². The van der Waals surface area contributed by atoms with Gasteiger partial charge in [0.25, 0.3) is 0 Å². The van der Waals surface area contributed by atoms with E-state index < -0.39 is 0 Å². The molecule has 0 unspecified atom stereocenters. The van der Waals surface area contributed by atoms with Crippen molar-refractivity contribution in [3.8, 4) is 0 Å². The minimum atomic E-state index is 0.491. The predicted octanol–water partition coefficient (Wildman–Crippen LogP) is 0.631. The largest absolute Gasteiger partial charge is 0.383 e. The minimum Gasteiger partial charge on any atom is -0.383 e. The SMILES string of the molecule is CCN[C@@H](C)COC. The predicted molar refractivity (Wildman–Crippen MR) is 35.0 cm³/mol. The van der Waals surface area contributed by atoms with Crippen molar-refractivity contribution in [1.82, 2.24) is 5.32 Å². The van der Waals surface area contributed by atoms with Crippen molar-refractivity contribution in [3.63, 3.8) is 0 Å². The van der Waals surface area contributed by atoms with Crippen LogP contribution in [-0.4, -0.2) is 26.3 Å². The van der Waals surface area contributed by atoms with Crippen LogP contribution in [-0.2, 0) is 4.74 Å². The van der Waals surface area contributed by atoms with E-state index in [-0.39, 0.29) is 0 Å². The zero-order valence-electron chi connectivity index (χ0n) is 5.90. The summed E-state index contributed by atoms with van der Waals surface area (Å²) >= 11 is 0. The maximum atomic E-state index is 4.89. The van der Waals surface area contributed by atoms with Gasteiger partial charge in [0.2, 0.25) is 0 Å². The molecular weight excluding hydrogens is 102 g/mol. The summed E-state index contributed by atoms with van der Waals surface area (Å²) in [5.74, 6) is 0. The Labute approximate surface area is 51.2 Å². The van der Waals surface area contributed by atoms with Crippen molar-refractivity contribution in [3.05, 3.63) is 0 Å². The topological polar surface area (TPSA) is 21.3 Å². The lowest BCUT2D eigenvalue weighted by molar-refractivity contribution is 0.173. The molecular formula is C6H15NO. The van der Waals surface area contributed by atoms with Crippen molar-refractivity contribution in [2.45, 2.75) is 19.9 Å². The maximum absolute atomic E-state index is 4.89. The number of ether oxygens (including phenoxy) is 1. The highest BCUT2D eigenvalue weighted by molar-refractivity contribution is 4.54. The summed E-state index contributed by atoms with van der Waals surface area (Å²) in [4.78, 5) is 0. The lowest BCUT2D eigenvalue weighted by Gasteiger charge is -2.09. The maximum Gasteiger partial charge on any atom is 0.0613 e. The Kier molecular flexibility index (Phi) is 5.01. The first-order chi connectivity index (χ1) is 3.81. The van der Waals surface area contributed by atoms with E-state index in [0.29, 0.717) is 6.04 Å². The molecule has 0 aliphatic carbocycles. The fourth-order valence-corrected chi connectivity index (χ4v) is 0.657. The molecule has 0 saturated carbocycles. The van der Waals surface area contributed by atoms with E-state index in [1.165, 1.54) is 0 Å². The second-order valence-corrected chi connectivity index (χ2v) is 1.91. The summed E-state index contributed by atoms with van der Waals surface area (Å²) in [5.41, 5.74) is 0. The summed E-state index contributed by atoms with van der Waals surface area (Å²) in [6.45, 7) is 6.01. The molecule has 0 aliphatic heterocycles. The van der Waals surface area contributed by atoms with E-state index in [2.05, 4.69) is 19.2 Å². The molecule has 0 bridgehead atoms. The number of nitrogens with one attached hydrogen (secondary N) is 1. The van der Waals surface area contributed by atoms with Gasteiger partial charge in [-0.3, -0.25) is 0 Å². The molecule has 1 N–H and O–H groups in total. The van der Waals surface area contributed by atoms with Gasteiger partial charge in [0.15, 0.2) is 0 Å². The van der Waals surface area contributed by atoms with Crippen molar-refractivity contribution in [2.24, 2.45) is 0 Å². The third kappa shape index (κ3) is 4.09. The van der Waals surface area contributed by atoms with Crippen LogP contribution in [0.25, 0.3) is 0 Å². The number of hydrogen-bond acceptors (Lipinski definition) is 2. The van der Waals surface area contributed by atoms with Crippen LogP contribution in [0.1, 0.15) is 13.8 Å². The molecule has 0 radical (unpaired) electrons.